The molecule has 2 aromatic carbocycles. The van der Waals surface area contributed by atoms with Gasteiger partial charge in [0.25, 0.3) is 0 Å². The third kappa shape index (κ3) is 7.82. The Morgan fingerprint density at radius 3 is 2.34 bits per heavy atom. The van der Waals surface area contributed by atoms with Crippen LogP contribution in [-0.4, -0.2) is 69.3 Å². The molecule has 0 aliphatic carbocycles. The van der Waals surface area contributed by atoms with E-state index in [4.69, 9.17) is 21.1 Å². The number of rotatable bonds is 8. The van der Waals surface area contributed by atoms with Gasteiger partial charge >= 0.3 is 17.8 Å². The average Bonchev–Trinajstić information content (AvgIpc) is 3.38. The first-order valence-electron chi connectivity index (χ1n) is 11.2. The molecule has 3 aromatic rings. The number of hydrogen-bond acceptors (Lipinski definition) is 9. The van der Waals surface area contributed by atoms with Crippen LogP contribution in [0.15, 0.2) is 48.8 Å². The van der Waals surface area contributed by atoms with Gasteiger partial charge in [-0.3, -0.25) is 14.4 Å². The van der Waals surface area contributed by atoms with E-state index in [1.54, 1.807) is 32.9 Å². The number of esters is 1. The van der Waals surface area contributed by atoms with Gasteiger partial charge in [0.05, 0.1) is 23.5 Å². The number of amides is 3. The predicted octanol–water partition coefficient (Wildman–Crippen LogP) is 1.98. The number of tetrazole rings is 1. The van der Waals surface area contributed by atoms with Gasteiger partial charge in [0.15, 0.2) is 0 Å². The highest BCUT2D eigenvalue weighted by Crippen LogP contribution is 2.23. The molecule has 13 nitrogen and oxygen atoms in total. The molecule has 1 aromatic heterocycles. The van der Waals surface area contributed by atoms with Crippen LogP contribution in [0, 0.1) is 0 Å². The number of carbonyl (C=O) groups is 4. The maximum Gasteiger partial charge on any atom is 0.338 e. The van der Waals surface area contributed by atoms with E-state index < -0.39 is 35.3 Å². The monoisotopic (exact) mass is 543 g/mol. The molecule has 38 heavy (non-hydrogen) atoms. The molecule has 0 bridgehead atoms. The van der Waals surface area contributed by atoms with Crippen molar-refractivity contribution in [2.24, 2.45) is 0 Å². The van der Waals surface area contributed by atoms with Crippen LogP contribution in [0.1, 0.15) is 31.1 Å². The van der Waals surface area contributed by atoms with Crippen LogP contribution in [0.25, 0.3) is 5.69 Å². The molecule has 3 N–H and O–H groups in total. The zero-order valence-electron chi connectivity index (χ0n) is 21.0. The van der Waals surface area contributed by atoms with Gasteiger partial charge in [0, 0.05) is 17.8 Å². The number of hydrogen-bond donors (Lipinski definition) is 3. The number of carbonyl (C=O) groups excluding carboxylic acids is 4. The first-order valence-corrected chi connectivity index (χ1v) is 11.6. The van der Waals surface area contributed by atoms with Crippen LogP contribution < -0.4 is 16.0 Å². The number of anilines is 2. The highest BCUT2D eigenvalue weighted by molar-refractivity contribution is 6.40. The van der Waals surface area contributed by atoms with E-state index in [2.05, 4.69) is 31.5 Å². The van der Waals surface area contributed by atoms with E-state index in [1.165, 1.54) is 48.5 Å². The van der Waals surface area contributed by atoms with Gasteiger partial charge in [-0.1, -0.05) is 11.6 Å². The van der Waals surface area contributed by atoms with Gasteiger partial charge in [-0.05, 0) is 73.7 Å². The van der Waals surface area contributed by atoms with Crippen molar-refractivity contribution < 1.29 is 28.7 Å². The van der Waals surface area contributed by atoms with Crippen LogP contribution in [0.3, 0.4) is 0 Å². The number of halogens is 1. The Kier molecular flexibility index (Phi) is 9.10. The molecule has 200 valence electrons. The molecule has 1 heterocycles. The summed E-state index contributed by atoms with van der Waals surface area (Å²) in [6.07, 6.45) is 1.30. The number of nitrogens with one attached hydrogen (secondary N) is 3. The van der Waals surface area contributed by atoms with Crippen molar-refractivity contribution in [3.05, 3.63) is 59.4 Å². The first-order chi connectivity index (χ1) is 18.0. The van der Waals surface area contributed by atoms with Gasteiger partial charge < -0.3 is 25.4 Å². The average molecular weight is 544 g/mol. The first kappa shape index (κ1) is 28.2. The third-order valence-electron chi connectivity index (χ3n) is 4.75. The number of methoxy groups -OCH3 is 1. The second-order valence-corrected chi connectivity index (χ2v) is 9.36. The summed E-state index contributed by atoms with van der Waals surface area (Å²) in [5.41, 5.74) is 0.541. The Labute approximate surface area is 222 Å². The molecule has 3 rings (SSSR count). The van der Waals surface area contributed by atoms with Crippen molar-refractivity contribution in [1.29, 1.82) is 0 Å². The molecular formula is C24H26ClN7O6. The van der Waals surface area contributed by atoms with E-state index in [-0.39, 0.29) is 12.3 Å². The number of ether oxygens (including phenoxy) is 2. The summed E-state index contributed by atoms with van der Waals surface area (Å²) < 4.78 is 11.6. The molecule has 14 heteroatoms. The van der Waals surface area contributed by atoms with Crippen molar-refractivity contribution >= 4 is 46.7 Å². The van der Waals surface area contributed by atoms with E-state index in [0.29, 0.717) is 22.0 Å². The van der Waals surface area contributed by atoms with Gasteiger partial charge in [-0.25, -0.2) is 4.79 Å². The third-order valence-corrected chi connectivity index (χ3v) is 4.99. The number of benzene rings is 2. The second kappa shape index (κ2) is 12.3. The lowest BCUT2D eigenvalue weighted by molar-refractivity contribution is -0.138. The Morgan fingerprint density at radius 1 is 1.03 bits per heavy atom. The van der Waals surface area contributed by atoms with E-state index in [0.717, 1.165) is 0 Å². The summed E-state index contributed by atoms with van der Waals surface area (Å²) in [7, 11) is 1.34. The molecule has 3 amide bonds. The molecule has 0 aliphatic rings. The lowest BCUT2D eigenvalue weighted by Crippen LogP contribution is -2.50. The second-order valence-electron chi connectivity index (χ2n) is 8.92. The van der Waals surface area contributed by atoms with Crippen molar-refractivity contribution in [3.63, 3.8) is 0 Å². The van der Waals surface area contributed by atoms with Crippen LogP contribution >= 0.6 is 11.6 Å². The van der Waals surface area contributed by atoms with Crippen molar-refractivity contribution in [2.75, 3.05) is 24.4 Å². The summed E-state index contributed by atoms with van der Waals surface area (Å²) >= 11 is 6.03. The highest BCUT2D eigenvalue weighted by atomic mass is 35.5. The molecular weight excluding hydrogens is 518 g/mol. The van der Waals surface area contributed by atoms with Crippen LogP contribution in [0.2, 0.25) is 5.02 Å². The minimum absolute atomic E-state index is 0.169. The molecule has 1 atom stereocenters. The fourth-order valence-electron chi connectivity index (χ4n) is 3.09. The Morgan fingerprint density at radius 2 is 1.74 bits per heavy atom. The Balaban J connectivity index is 1.65. The van der Waals surface area contributed by atoms with Gasteiger partial charge in [-0.15, -0.1) is 5.10 Å². The fourth-order valence-corrected chi connectivity index (χ4v) is 3.26. The van der Waals surface area contributed by atoms with Gasteiger partial charge in [0.2, 0.25) is 5.91 Å². The molecule has 0 fully saturated rings. The summed E-state index contributed by atoms with van der Waals surface area (Å²) in [5.74, 6) is -3.30. The van der Waals surface area contributed by atoms with Gasteiger partial charge in [-0.2, -0.15) is 4.68 Å². The molecule has 0 radical (unpaired) electrons. The van der Waals surface area contributed by atoms with Crippen LogP contribution in [0.5, 0.6) is 0 Å². The maximum atomic E-state index is 12.8. The van der Waals surface area contributed by atoms with Crippen molar-refractivity contribution in [1.82, 2.24) is 25.5 Å². The quantitative estimate of drug-likeness (QED) is 0.284. The Hall–Kier alpha value is -4.36. The van der Waals surface area contributed by atoms with Crippen LogP contribution in [-0.2, 0) is 23.9 Å². The van der Waals surface area contributed by atoms with Crippen molar-refractivity contribution in [3.8, 4) is 5.69 Å². The maximum absolute atomic E-state index is 12.8. The fraction of sp³-hybridized carbons (Fsp3) is 0.292. The minimum atomic E-state index is -1.21. The summed E-state index contributed by atoms with van der Waals surface area (Å²) in [4.78, 5) is 50.2. The van der Waals surface area contributed by atoms with Crippen molar-refractivity contribution in [2.45, 2.75) is 32.4 Å². The number of aromatic nitrogens is 4. The SMILES string of the molecule is COCC(NC(=O)C(=O)Nc1cc(Cl)ccc1-n1cnnn1)C(=O)Nc1ccc(C(=O)OC(C)(C)C)cc1. The zero-order valence-corrected chi connectivity index (χ0v) is 21.8. The topological polar surface area (TPSA) is 166 Å². The summed E-state index contributed by atoms with van der Waals surface area (Å²) in [6.45, 7) is 5.05. The van der Waals surface area contributed by atoms with Crippen LogP contribution in [0.4, 0.5) is 11.4 Å². The minimum Gasteiger partial charge on any atom is -0.456 e. The molecule has 0 saturated heterocycles. The molecule has 1 unspecified atom stereocenters. The predicted molar refractivity (Wildman–Crippen MR) is 137 cm³/mol. The number of nitrogens with zero attached hydrogens (tertiary/aromatic N) is 4. The smallest absolute Gasteiger partial charge is 0.338 e. The zero-order chi connectivity index (χ0) is 27.9. The summed E-state index contributed by atoms with van der Waals surface area (Å²) in [6, 6.07) is 9.34. The normalized spacial score (nSPS) is 11.8. The highest BCUT2D eigenvalue weighted by Gasteiger charge is 2.25. The standard InChI is InChI=1S/C24H26ClN7O6/c1-24(2,3)38-23(36)14-5-8-16(9-6-14)27-20(33)18(12-37-4)29-22(35)21(34)28-17-11-15(25)7-10-19(17)32-13-26-30-31-32/h5-11,13,18H,12H2,1-4H3,(H,27,33)(H,28,34)(H,29,35). The molecule has 0 aliphatic heterocycles. The lowest BCUT2D eigenvalue weighted by atomic mass is 10.1. The van der Waals surface area contributed by atoms with Gasteiger partial charge in [0.1, 0.15) is 18.0 Å². The lowest BCUT2D eigenvalue weighted by Gasteiger charge is -2.20. The van der Waals surface area contributed by atoms with E-state index in [1.807, 2.05) is 0 Å². The van der Waals surface area contributed by atoms with E-state index in [9.17, 15) is 19.2 Å². The summed E-state index contributed by atoms with van der Waals surface area (Å²) in [5, 5.41) is 18.5. The van der Waals surface area contributed by atoms with E-state index >= 15 is 0 Å². The largest absolute Gasteiger partial charge is 0.456 e. The Bertz CT molecular complexity index is 1310. The molecule has 0 spiro atoms. The molecule has 0 saturated carbocycles.